The zero-order valence-electron chi connectivity index (χ0n) is 9.59. The van der Waals surface area contributed by atoms with E-state index in [9.17, 15) is 9.50 Å². The number of hydrogen-bond acceptors (Lipinski definition) is 2. The van der Waals surface area contributed by atoms with Gasteiger partial charge in [-0.1, -0.05) is 6.07 Å². The molecule has 2 nitrogen and oxygen atoms in total. The Kier molecular flexibility index (Phi) is 3.44. The fraction of sp³-hybridized carbons (Fsp3) is 0.538. The van der Waals surface area contributed by atoms with Crippen LogP contribution in [0.2, 0.25) is 0 Å². The highest BCUT2D eigenvalue weighted by atomic mass is 19.1. The van der Waals surface area contributed by atoms with Crippen molar-refractivity contribution in [3.8, 4) is 5.75 Å². The van der Waals surface area contributed by atoms with E-state index in [0.717, 1.165) is 25.1 Å². The van der Waals surface area contributed by atoms with Crippen LogP contribution in [-0.2, 0) is 6.42 Å². The standard InChI is InChI=1S/C13H18FNO/c1-9-5-11(7-12(16)13(9)14)6-10-3-2-4-15-8-10/h5,7,10,15-16H,2-4,6,8H2,1H3. The molecular formula is C13H18FNO. The third kappa shape index (κ3) is 2.53. The number of rotatable bonds is 2. The fourth-order valence-electron chi connectivity index (χ4n) is 2.37. The van der Waals surface area contributed by atoms with Gasteiger partial charge >= 0.3 is 0 Å². The van der Waals surface area contributed by atoms with Gasteiger partial charge in [0.1, 0.15) is 0 Å². The lowest BCUT2D eigenvalue weighted by Crippen LogP contribution is -2.30. The minimum absolute atomic E-state index is 0.223. The molecule has 0 aliphatic carbocycles. The Morgan fingerprint density at radius 3 is 2.94 bits per heavy atom. The predicted octanol–water partition coefficient (Wildman–Crippen LogP) is 2.38. The summed E-state index contributed by atoms with van der Waals surface area (Å²) >= 11 is 0. The molecule has 0 radical (unpaired) electrons. The number of phenolic OH excluding ortho intramolecular Hbond substituents is 1. The summed E-state index contributed by atoms with van der Waals surface area (Å²) in [6.07, 6.45) is 3.34. The number of phenols is 1. The molecule has 88 valence electrons. The molecule has 0 spiro atoms. The molecular weight excluding hydrogens is 205 g/mol. The van der Waals surface area contributed by atoms with Crippen molar-refractivity contribution < 1.29 is 9.50 Å². The molecule has 0 aromatic heterocycles. The minimum atomic E-state index is -0.495. The van der Waals surface area contributed by atoms with Crippen LogP contribution in [0.25, 0.3) is 0 Å². The molecule has 2 N–H and O–H groups in total. The van der Waals surface area contributed by atoms with Crippen molar-refractivity contribution in [3.63, 3.8) is 0 Å². The smallest absolute Gasteiger partial charge is 0.167 e. The van der Waals surface area contributed by atoms with Crippen LogP contribution in [0.5, 0.6) is 5.75 Å². The van der Waals surface area contributed by atoms with E-state index >= 15 is 0 Å². The van der Waals surface area contributed by atoms with Crippen LogP contribution in [0.3, 0.4) is 0 Å². The van der Waals surface area contributed by atoms with Gasteiger partial charge in [0, 0.05) is 0 Å². The second-order valence-electron chi connectivity index (χ2n) is 4.66. The van der Waals surface area contributed by atoms with E-state index in [1.54, 1.807) is 13.0 Å². The first kappa shape index (κ1) is 11.4. The van der Waals surface area contributed by atoms with E-state index in [2.05, 4.69) is 5.32 Å². The molecule has 1 aromatic rings. The van der Waals surface area contributed by atoms with Crippen molar-refractivity contribution in [3.05, 3.63) is 29.1 Å². The molecule has 1 aromatic carbocycles. The molecule has 1 unspecified atom stereocenters. The maximum Gasteiger partial charge on any atom is 0.167 e. The summed E-state index contributed by atoms with van der Waals surface area (Å²) in [5.41, 5.74) is 1.56. The van der Waals surface area contributed by atoms with Crippen LogP contribution >= 0.6 is 0 Å². The van der Waals surface area contributed by atoms with Crippen LogP contribution in [-0.4, -0.2) is 18.2 Å². The summed E-state index contributed by atoms with van der Waals surface area (Å²) in [6.45, 7) is 3.82. The van der Waals surface area contributed by atoms with Crippen LogP contribution in [0.15, 0.2) is 12.1 Å². The lowest BCUT2D eigenvalue weighted by molar-refractivity contribution is 0.374. The second kappa shape index (κ2) is 4.83. The molecule has 1 heterocycles. The zero-order chi connectivity index (χ0) is 11.5. The third-order valence-electron chi connectivity index (χ3n) is 3.22. The number of hydrogen-bond donors (Lipinski definition) is 2. The van der Waals surface area contributed by atoms with Crippen LogP contribution < -0.4 is 5.32 Å². The Hall–Kier alpha value is -1.09. The molecule has 2 rings (SSSR count). The number of halogens is 1. The molecule has 0 amide bonds. The maximum absolute atomic E-state index is 13.2. The lowest BCUT2D eigenvalue weighted by Gasteiger charge is -2.22. The third-order valence-corrected chi connectivity index (χ3v) is 3.22. The van der Waals surface area contributed by atoms with Gasteiger partial charge in [-0.2, -0.15) is 0 Å². The monoisotopic (exact) mass is 223 g/mol. The Morgan fingerprint density at radius 1 is 1.50 bits per heavy atom. The molecule has 1 aliphatic rings. The van der Waals surface area contributed by atoms with E-state index in [1.165, 1.54) is 12.8 Å². The number of aryl methyl sites for hydroxylation is 1. The van der Waals surface area contributed by atoms with Gasteiger partial charge in [0.2, 0.25) is 0 Å². The van der Waals surface area contributed by atoms with Gasteiger partial charge < -0.3 is 10.4 Å². The predicted molar refractivity (Wildman–Crippen MR) is 62.1 cm³/mol. The number of benzene rings is 1. The van der Waals surface area contributed by atoms with Gasteiger partial charge in [-0.3, -0.25) is 0 Å². The van der Waals surface area contributed by atoms with Crippen molar-refractivity contribution in [2.24, 2.45) is 5.92 Å². The fourth-order valence-corrected chi connectivity index (χ4v) is 2.37. The van der Waals surface area contributed by atoms with E-state index in [0.29, 0.717) is 11.5 Å². The summed E-state index contributed by atoms with van der Waals surface area (Å²) in [7, 11) is 0. The molecule has 1 fully saturated rings. The molecule has 1 saturated heterocycles. The van der Waals surface area contributed by atoms with Crippen molar-refractivity contribution in [1.29, 1.82) is 0 Å². The summed E-state index contributed by atoms with van der Waals surface area (Å²) in [5.74, 6) is -0.109. The first-order chi connectivity index (χ1) is 7.66. The molecule has 0 bridgehead atoms. The van der Waals surface area contributed by atoms with Crippen LogP contribution in [0, 0.1) is 18.7 Å². The average Bonchev–Trinajstić information content (AvgIpc) is 2.27. The topological polar surface area (TPSA) is 32.3 Å². The first-order valence-corrected chi connectivity index (χ1v) is 5.85. The summed E-state index contributed by atoms with van der Waals surface area (Å²) in [6, 6.07) is 3.39. The largest absolute Gasteiger partial charge is 0.505 e. The Labute approximate surface area is 95.5 Å². The van der Waals surface area contributed by atoms with Crippen molar-refractivity contribution >= 4 is 0 Å². The Morgan fingerprint density at radius 2 is 2.31 bits per heavy atom. The Bertz CT molecular complexity index is 349. The number of piperidine rings is 1. The highest BCUT2D eigenvalue weighted by Gasteiger charge is 2.15. The van der Waals surface area contributed by atoms with Gasteiger partial charge in [-0.25, -0.2) is 4.39 Å². The first-order valence-electron chi connectivity index (χ1n) is 5.85. The SMILES string of the molecule is Cc1cc(CC2CCCNC2)cc(O)c1F. The van der Waals surface area contributed by atoms with Gasteiger partial charge in [-0.15, -0.1) is 0 Å². The Balaban J connectivity index is 2.09. The highest BCUT2D eigenvalue weighted by Crippen LogP contribution is 2.24. The van der Waals surface area contributed by atoms with Gasteiger partial charge in [0.15, 0.2) is 11.6 Å². The number of nitrogens with one attached hydrogen (secondary N) is 1. The van der Waals surface area contributed by atoms with E-state index in [-0.39, 0.29) is 5.75 Å². The minimum Gasteiger partial charge on any atom is -0.505 e. The molecule has 1 aliphatic heterocycles. The second-order valence-corrected chi connectivity index (χ2v) is 4.66. The van der Waals surface area contributed by atoms with Crippen LogP contribution in [0.1, 0.15) is 24.0 Å². The van der Waals surface area contributed by atoms with Crippen LogP contribution in [0.4, 0.5) is 4.39 Å². The van der Waals surface area contributed by atoms with Crippen molar-refractivity contribution in [1.82, 2.24) is 5.32 Å². The average molecular weight is 223 g/mol. The van der Waals surface area contributed by atoms with Crippen molar-refractivity contribution in [2.75, 3.05) is 13.1 Å². The molecule has 0 saturated carbocycles. The van der Waals surface area contributed by atoms with E-state index in [4.69, 9.17) is 0 Å². The van der Waals surface area contributed by atoms with Crippen molar-refractivity contribution in [2.45, 2.75) is 26.2 Å². The zero-order valence-corrected chi connectivity index (χ0v) is 9.59. The van der Waals surface area contributed by atoms with Gasteiger partial charge in [0.25, 0.3) is 0 Å². The van der Waals surface area contributed by atoms with Gasteiger partial charge in [0.05, 0.1) is 0 Å². The normalized spacial score (nSPS) is 21.0. The quantitative estimate of drug-likeness (QED) is 0.806. The molecule has 1 atom stereocenters. The highest BCUT2D eigenvalue weighted by molar-refractivity contribution is 5.35. The number of aromatic hydroxyl groups is 1. The molecule has 16 heavy (non-hydrogen) atoms. The lowest BCUT2D eigenvalue weighted by atomic mass is 9.91. The maximum atomic E-state index is 13.2. The van der Waals surface area contributed by atoms with Gasteiger partial charge in [-0.05, 0) is 62.4 Å². The summed E-state index contributed by atoms with van der Waals surface area (Å²) < 4.78 is 13.2. The summed E-state index contributed by atoms with van der Waals surface area (Å²) in [4.78, 5) is 0. The summed E-state index contributed by atoms with van der Waals surface area (Å²) in [5, 5.41) is 12.8. The van der Waals surface area contributed by atoms with E-state index in [1.807, 2.05) is 6.07 Å². The van der Waals surface area contributed by atoms with E-state index < -0.39 is 5.82 Å². The molecule has 3 heteroatoms.